The second-order valence-electron chi connectivity index (χ2n) is 3.30. The van der Waals surface area contributed by atoms with E-state index in [2.05, 4.69) is 41.8 Å². The van der Waals surface area contributed by atoms with E-state index in [1.807, 2.05) is 0 Å². The van der Waals surface area contributed by atoms with Gasteiger partial charge in [0.05, 0.1) is 0 Å². The van der Waals surface area contributed by atoms with Crippen molar-refractivity contribution in [2.75, 3.05) is 0 Å². The van der Waals surface area contributed by atoms with Crippen LogP contribution in [0.15, 0.2) is 33.5 Å². The molecule has 0 unspecified atom stereocenters. The molecule has 0 fully saturated rings. The number of benzene rings is 1. The normalized spacial score (nSPS) is 10.5. The van der Waals surface area contributed by atoms with E-state index in [9.17, 15) is 4.39 Å². The summed E-state index contributed by atoms with van der Waals surface area (Å²) in [4.78, 5) is 8.46. The smallest absolute Gasteiger partial charge is 0.161 e. The predicted molar refractivity (Wildman–Crippen MR) is 67.6 cm³/mol. The Bertz CT molecular complexity index is 523. The van der Waals surface area contributed by atoms with Crippen LogP contribution in [0.1, 0.15) is 5.56 Å². The fourth-order valence-corrected chi connectivity index (χ4v) is 2.38. The zero-order valence-electron chi connectivity index (χ0n) is 8.34. The molecule has 1 heterocycles. The van der Waals surface area contributed by atoms with Gasteiger partial charge >= 0.3 is 0 Å². The van der Waals surface area contributed by atoms with Gasteiger partial charge in [-0.1, -0.05) is 0 Å². The summed E-state index contributed by atoms with van der Waals surface area (Å²) in [5.41, 5.74) is 1.37. The second kappa shape index (κ2) is 4.59. The lowest BCUT2D eigenvalue weighted by atomic mass is 10.1. The van der Waals surface area contributed by atoms with Crippen LogP contribution in [0.3, 0.4) is 0 Å². The highest BCUT2D eigenvalue weighted by Crippen LogP contribution is 2.22. The second-order valence-corrected chi connectivity index (χ2v) is 4.93. The first kappa shape index (κ1) is 11.7. The average molecular weight is 346 g/mol. The number of aromatic nitrogens is 2. The van der Waals surface area contributed by atoms with Crippen LogP contribution in [0.5, 0.6) is 0 Å². The maximum absolute atomic E-state index is 13.1. The van der Waals surface area contributed by atoms with Crippen molar-refractivity contribution in [2.24, 2.45) is 0 Å². The zero-order chi connectivity index (χ0) is 11.7. The van der Waals surface area contributed by atoms with Crippen LogP contribution >= 0.6 is 31.9 Å². The molecule has 0 radical (unpaired) electrons. The van der Waals surface area contributed by atoms with Gasteiger partial charge in [0.15, 0.2) is 5.82 Å². The van der Waals surface area contributed by atoms with Crippen LogP contribution in [-0.2, 0) is 0 Å². The Morgan fingerprint density at radius 3 is 2.25 bits per heavy atom. The summed E-state index contributed by atoms with van der Waals surface area (Å²) >= 11 is 6.58. The van der Waals surface area contributed by atoms with Crippen molar-refractivity contribution >= 4 is 31.9 Å². The fraction of sp³-hybridized carbons (Fsp3) is 0.0909. The molecule has 0 amide bonds. The number of rotatable bonds is 1. The molecule has 2 aromatic rings. The highest BCUT2D eigenvalue weighted by atomic mass is 79.9. The van der Waals surface area contributed by atoms with Crippen LogP contribution in [0, 0.1) is 12.7 Å². The largest absolute Gasteiger partial charge is 0.221 e. The Hall–Kier alpha value is -0.810. The van der Waals surface area contributed by atoms with Gasteiger partial charge < -0.3 is 0 Å². The molecule has 1 aromatic heterocycles. The summed E-state index contributed by atoms with van der Waals surface area (Å²) in [5.74, 6) is 0.335. The molecule has 2 rings (SSSR count). The van der Waals surface area contributed by atoms with E-state index in [-0.39, 0.29) is 5.82 Å². The molecule has 0 spiro atoms. The zero-order valence-corrected chi connectivity index (χ0v) is 11.5. The van der Waals surface area contributed by atoms with Gasteiger partial charge in [0.25, 0.3) is 0 Å². The van der Waals surface area contributed by atoms with E-state index in [4.69, 9.17) is 0 Å². The highest BCUT2D eigenvalue weighted by Gasteiger charge is 2.06. The molecule has 0 N–H and O–H groups in total. The lowest BCUT2D eigenvalue weighted by Gasteiger charge is -2.03. The van der Waals surface area contributed by atoms with Gasteiger partial charge in [-0.25, -0.2) is 14.4 Å². The number of aryl methyl sites for hydroxylation is 1. The minimum atomic E-state index is -0.224. The summed E-state index contributed by atoms with van der Waals surface area (Å²) in [5, 5.41) is 0. The summed E-state index contributed by atoms with van der Waals surface area (Å²) in [6, 6.07) is 6.56. The third kappa shape index (κ3) is 2.47. The molecule has 0 saturated heterocycles. The first-order valence-electron chi connectivity index (χ1n) is 4.53. The molecule has 2 nitrogen and oxygen atoms in total. The number of hydrogen-bond donors (Lipinski definition) is 0. The van der Waals surface area contributed by atoms with E-state index >= 15 is 0 Å². The molecular weight excluding hydrogens is 339 g/mol. The monoisotopic (exact) mass is 344 g/mol. The van der Waals surface area contributed by atoms with E-state index in [1.54, 1.807) is 25.1 Å². The number of hydrogen-bond acceptors (Lipinski definition) is 2. The van der Waals surface area contributed by atoms with E-state index in [1.165, 1.54) is 6.07 Å². The molecule has 5 heteroatoms. The molecule has 0 saturated carbocycles. The molecule has 82 valence electrons. The van der Waals surface area contributed by atoms with Crippen molar-refractivity contribution in [2.45, 2.75) is 6.92 Å². The van der Waals surface area contributed by atoms with Gasteiger partial charge in [-0.2, -0.15) is 0 Å². The summed E-state index contributed by atoms with van der Waals surface area (Å²) in [6.45, 7) is 1.71. The van der Waals surface area contributed by atoms with Gasteiger partial charge in [0, 0.05) is 11.6 Å². The Morgan fingerprint density at radius 2 is 1.69 bits per heavy atom. The van der Waals surface area contributed by atoms with Crippen molar-refractivity contribution < 1.29 is 4.39 Å². The van der Waals surface area contributed by atoms with Crippen molar-refractivity contribution in [3.8, 4) is 11.4 Å². The van der Waals surface area contributed by atoms with Crippen molar-refractivity contribution in [1.82, 2.24) is 9.97 Å². The molecule has 16 heavy (non-hydrogen) atoms. The first-order chi connectivity index (χ1) is 7.56. The van der Waals surface area contributed by atoms with Crippen molar-refractivity contribution in [3.63, 3.8) is 0 Å². The summed E-state index contributed by atoms with van der Waals surface area (Å²) in [6.07, 6.45) is 0. The number of halogens is 3. The molecule has 0 atom stereocenters. The third-order valence-electron chi connectivity index (χ3n) is 2.08. The summed E-state index contributed by atoms with van der Waals surface area (Å²) in [7, 11) is 0. The van der Waals surface area contributed by atoms with E-state index in [0.29, 0.717) is 20.6 Å². The van der Waals surface area contributed by atoms with Crippen molar-refractivity contribution in [3.05, 3.63) is 44.9 Å². The lowest BCUT2D eigenvalue weighted by Crippen LogP contribution is -1.92. The van der Waals surface area contributed by atoms with Gasteiger partial charge in [-0.3, -0.25) is 0 Å². The standard InChI is InChI=1S/C11H7Br2FN2/c1-6-4-7(2-3-8(6)14)11-15-9(12)5-10(13)16-11/h2-5H,1H3. The molecule has 0 aliphatic heterocycles. The molecule has 0 aliphatic rings. The minimum Gasteiger partial charge on any atom is -0.221 e. The highest BCUT2D eigenvalue weighted by molar-refractivity contribution is 9.11. The molecule has 1 aromatic carbocycles. The van der Waals surface area contributed by atoms with Crippen LogP contribution in [0.2, 0.25) is 0 Å². The maximum Gasteiger partial charge on any atom is 0.161 e. The van der Waals surface area contributed by atoms with Gasteiger partial charge in [0.2, 0.25) is 0 Å². The quantitative estimate of drug-likeness (QED) is 0.727. The Kier molecular flexibility index (Phi) is 3.35. The number of nitrogens with zero attached hydrogens (tertiary/aromatic N) is 2. The van der Waals surface area contributed by atoms with Gasteiger partial charge in [-0.15, -0.1) is 0 Å². The van der Waals surface area contributed by atoms with Crippen LogP contribution < -0.4 is 0 Å². The Labute approximate surface area is 109 Å². The SMILES string of the molecule is Cc1cc(-c2nc(Br)cc(Br)n2)ccc1F. The van der Waals surface area contributed by atoms with E-state index < -0.39 is 0 Å². The lowest BCUT2D eigenvalue weighted by molar-refractivity contribution is 0.618. The third-order valence-corrected chi connectivity index (χ3v) is 2.89. The van der Waals surface area contributed by atoms with Gasteiger partial charge in [0.1, 0.15) is 15.0 Å². The summed E-state index contributed by atoms with van der Waals surface area (Å²) < 4.78 is 14.5. The van der Waals surface area contributed by atoms with Gasteiger partial charge in [-0.05, 0) is 62.5 Å². The predicted octanol–water partition coefficient (Wildman–Crippen LogP) is 4.12. The molecular formula is C11H7Br2FN2. The van der Waals surface area contributed by atoms with Crippen LogP contribution in [0.25, 0.3) is 11.4 Å². The molecule has 0 aliphatic carbocycles. The van der Waals surface area contributed by atoms with E-state index in [0.717, 1.165) is 5.56 Å². The fourth-order valence-electron chi connectivity index (χ4n) is 1.30. The first-order valence-corrected chi connectivity index (χ1v) is 6.11. The molecule has 0 bridgehead atoms. The van der Waals surface area contributed by atoms with Crippen LogP contribution in [0.4, 0.5) is 4.39 Å². The topological polar surface area (TPSA) is 25.8 Å². The minimum absolute atomic E-state index is 0.224. The van der Waals surface area contributed by atoms with Crippen LogP contribution in [-0.4, -0.2) is 9.97 Å². The Balaban J connectivity index is 2.54. The Morgan fingerprint density at radius 1 is 1.06 bits per heavy atom. The average Bonchev–Trinajstić information content (AvgIpc) is 2.20. The van der Waals surface area contributed by atoms with Crippen molar-refractivity contribution in [1.29, 1.82) is 0 Å². The maximum atomic E-state index is 13.1.